The summed E-state index contributed by atoms with van der Waals surface area (Å²) >= 11 is 0. The van der Waals surface area contributed by atoms with Crippen molar-refractivity contribution in [2.24, 2.45) is 0 Å². The van der Waals surface area contributed by atoms with E-state index in [1.54, 1.807) is 0 Å². The van der Waals surface area contributed by atoms with Crippen molar-refractivity contribution in [3.8, 4) is 16.8 Å². The van der Waals surface area contributed by atoms with Crippen LogP contribution in [0.15, 0.2) is 116 Å². The van der Waals surface area contributed by atoms with E-state index in [2.05, 4.69) is 105 Å². The third-order valence-corrected chi connectivity index (χ3v) is 8.82. The fraction of sp³-hybridized carbons (Fsp3) is 0.0278. The quantitative estimate of drug-likeness (QED) is 0.204. The van der Waals surface area contributed by atoms with Crippen LogP contribution in [0.5, 0.6) is 0 Å². The van der Waals surface area contributed by atoms with Crippen molar-refractivity contribution in [1.82, 2.24) is 23.9 Å². The highest BCUT2D eigenvalue weighted by atomic mass is 15.1. The molecule has 190 valence electrons. The predicted molar refractivity (Wildman–Crippen MR) is 166 cm³/mol. The lowest BCUT2D eigenvalue weighted by molar-refractivity contribution is 1.18. The number of nitrogens with zero attached hydrogens (tertiary/aromatic N) is 5. The van der Waals surface area contributed by atoms with Crippen molar-refractivity contribution in [1.29, 1.82) is 0 Å². The molecular weight excluding hydrogens is 502 g/mol. The zero-order chi connectivity index (χ0) is 26.7. The second-order valence-corrected chi connectivity index (χ2v) is 10.9. The predicted octanol–water partition coefficient (Wildman–Crippen LogP) is 8.25. The Kier molecular flexibility index (Phi) is 3.92. The molecule has 41 heavy (non-hydrogen) atoms. The highest BCUT2D eigenvalue weighted by Crippen LogP contribution is 2.48. The fourth-order valence-corrected chi connectivity index (χ4v) is 7.21. The van der Waals surface area contributed by atoms with Gasteiger partial charge in [-0.2, -0.15) is 0 Å². The van der Waals surface area contributed by atoms with Gasteiger partial charge in [0.15, 0.2) is 5.65 Å². The minimum absolute atomic E-state index is 0.755. The van der Waals surface area contributed by atoms with Crippen molar-refractivity contribution in [3.63, 3.8) is 0 Å². The Balaban J connectivity index is 1.40. The van der Waals surface area contributed by atoms with E-state index in [0.717, 1.165) is 39.7 Å². The summed E-state index contributed by atoms with van der Waals surface area (Å²) in [5.74, 6) is 0. The lowest BCUT2D eigenvalue weighted by Gasteiger charge is -2.13. The molecule has 0 bridgehead atoms. The molecule has 5 nitrogen and oxygen atoms in total. The molecule has 4 aromatic carbocycles. The molecule has 0 radical (unpaired) electrons. The molecule has 0 spiro atoms. The maximum absolute atomic E-state index is 5.11. The van der Waals surface area contributed by atoms with Crippen LogP contribution in [-0.2, 0) is 6.42 Å². The first kappa shape index (κ1) is 21.3. The van der Waals surface area contributed by atoms with Crippen LogP contribution >= 0.6 is 0 Å². The SMILES string of the molecule is c1ccc(-n2c3ccccc3c3ccc4c(c32)-c2ccc3c5ncccc5n5c6cccnc6nc5c3c2C4)cc1. The standard InChI is InChI=1S/C36H21N5/c1-2-8-22(9-3-1)40-28-11-5-4-10-23(28)25-15-14-21-20-27-24(31(21)34(25)40)16-17-26-32(27)36-39-35-30(13-7-19-38-35)41(36)29-12-6-18-37-33(26)29/h1-19H,20H2. The molecule has 0 N–H and O–H groups in total. The molecule has 5 heterocycles. The number of fused-ring (bicyclic) bond motifs is 16. The largest absolute Gasteiger partial charge is 0.309 e. The van der Waals surface area contributed by atoms with E-state index in [-0.39, 0.29) is 0 Å². The van der Waals surface area contributed by atoms with Gasteiger partial charge < -0.3 is 4.57 Å². The van der Waals surface area contributed by atoms with Gasteiger partial charge in [0.2, 0.25) is 0 Å². The van der Waals surface area contributed by atoms with Crippen LogP contribution in [0, 0.1) is 0 Å². The first-order valence-corrected chi connectivity index (χ1v) is 13.9. The molecule has 0 atom stereocenters. The van der Waals surface area contributed by atoms with Crippen molar-refractivity contribution >= 4 is 60.4 Å². The van der Waals surface area contributed by atoms with Gasteiger partial charge in [-0.25, -0.2) is 9.97 Å². The number of hydrogen-bond donors (Lipinski definition) is 0. The van der Waals surface area contributed by atoms with Gasteiger partial charge in [0.05, 0.1) is 27.6 Å². The molecular formula is C36H21N5. The van der Waals surface area contributed by atoms with Gasteiger partial charge in [-0.05, 0) is 65.6 Å². The summed E-state index contributed by atoms with van der Waals surface area (Å²) in [4.78, 5) is 14.6. The third-order valence-electron chi connectivity index (χ3n) is 8.82. The monoisotopic (exact) mass is 523 g/mol. The molecule has 0 unspecified atom stereocenters. The first-order valence-electron chi connectivity index (χ1n) is 13.9. The van der Waals surface area contributed by atoms with Crippen LogP contribution in [0.1, 0.15) is 11.1 Å². The average Bonchev–Trinajstić information content (AvgIpc) is 3.71. The molecule has 1 aliphatic rings. The summed E-state index contributed by atoms with van der Waals surface area (Å²) in [6.45, 7) is 0. The Morgan fingerprint density at radius 3 is 2.32 bits per heavy atom. The molecule has 5 aromatic heterocycles. The van der Waals surface area contributed by atoms with E-state index in [1.807, 2.05) is 24.5 Å². The lowest BCUT2D eigenvalue weighted by Crippen LogP contribution is -1.96. The number of hydrogen-bond acceptors (Lipinski definition) is 3. The third kappa shape index (κ3) is 2.63. The summed E-state index contributed by atoms with van der Waals surface area (Å²) < 4.78 is 4.68. The molecule has 0 saturated heterocycles. The second-order valence-electron chi connectivity index (χ2n) is 10.9. The fourth-order valence-electron chi connectivity index (χ4n) is 7.21. The first-order chi connectivity index (χ1) is 20.4. The van der Waals surface area contributed by atoms with Gasteiger partial charge in [0, 0.05) is 45.2 Å². The molecule has 9 aromatic rings. The van der Waals surface area contributed by atoms with Gasteiger partial charge in [0.25, 0.3) is 0 Å². The maximum atomic E-state index is 5.11. The Bertz CT molecular complexity index is 2550. The van der Waals surface area contributed by atoms with E-state index >= 15 is 0 Å². The van der Waals surface area contributed by atoms with Gasteiger partial charge in [-0.3, -0.25) is 9.38 Å². The van der Waals surface area contributed by atoms with Crippen LogP contribution in [0.3, 0.4) is 0 Å². The number of para-hydroxylation sites is 2. The summed E-state index contributed by atoms with van der Waals surface area (Å²) in [6.07, 6.45) is 4.55. The number of aromatic nitrogens is 5. The minimum atomic E-state index is 0.755. The van der Waals surface area contributed by atoms with Crippen LogP contribution in [0.4, 0.5) is 0 Å². The second kappa shape index (κ2) is 7.55. The molecule has 5 heteroatoms. The van der Waals surface area contributed by atoms with E-state index in [9.17, 15) is 0 Å². The molecule has 1 aliphatic carbocycles. The minimum Gasteiger partial charge on any atom is -0.309 e. The summed E-state index contributed by atoms with van der Waals surface area (Å²) in [7, 11) is 0. The maximum Gasteiger partial charge on any atom is 0.178 e. The van der Waals surface area contributed by atoms with E-state index in [0.29, 0.717) is 0 Å². The van der Waals surface area contributed by atoms with E-state index in [4.69, 9.17) is 9.97 Å². The molecule has 0 amide bonds. The molecule has 0 fully saturated rings. The Labute approximate surface area is 234 Å². The van der Waals surface area contributed by atoms with E-state index in [1.165, 1.54) is 55.1 Å². The lowest BCUT2D eigenvalue weighted by atomic mass is 9.98. The molecule has 0 aliphatic heterocycles. The number of rotatable bonds is 1. The van der Waals surface area contributed by atoms with Crippen LogP contribution in [-0.4, -0.2) is 23.9 Å². The Morgan fingerprint density at radius 1 is 0.610 bits per heavy atom. The molecule has 0 saturated carbocycles. The van der Waals surface area contributed by atoms with Crippen LogP contribution < -0.4 is 0 Å². The van der Waals surface area contributed by atoms with Gasteiger partial charge in [0.1, 0.15) is 5.65 Å². The Morgan fingerprint density at radius 2 is 1.39 bits per heavy atom. The number of pyridine rings is 3. The van der Waals surface area contributed by atoms with Gasteiger partial charge in [-0.15, -0.1) is 0 Å². The highest BCUT2D eigenvalue weighted by Gasteiger charge is 2.28. The number of imidazole rings is 1. The number of benzene rings is 4. The summed E-state index contributed by atoms with van der Waals surface area (Å²) in [5, 5.41) is 4.84. The average molecular weight is 524 g/mol. The van der Waals surface area contributed by atoms with Crippen molar-refractivity contribution < 1.29 is 0 Å². The smallest absolute Gasteiger partial charge is 0.178 e. The zero-order valence-electron chi connectivity index (χ0n) is 21.9. The van der Waals surface area contributed by atoms with Crippen LogP contribution in [0.25, 0.3) is 77.2 Å². The summed E-state index contributed by atoms with van der Waals surface area (Å²) in [5.41, 5.74) is 13.6. The van der Waals surface area contributed by atoms with Crippen molar-refractivity contribution in [3.05, 3.63) is 127 Å². The van der Waals surface area contributed by atoms with Crippen molar-refractivity contribution in [2.75, 3.05) is 0 Å². The molecule has 10 rings (SSSR count). The Hall–Kier alpha value is -5.55. The van der Waals surface area contributed by atoms with E-state index < -0.39 is 0 Å². The summed E-state index contributed by atoms with van der Waals surface area (Å²) in [6, 6.07) is 36.9. The topological polar surface area (TPSA) is 48.0 Å². The zero-order valence-corrected chi connectivity index (χ0v) is 21.9. The van der Waals surface area contributed by atoms with Gasteiger partial charge >= 0.3 is 0 Å². The highest BCUT2D eigenvalue weighted by molar-refractivity contribution is 6.19. The van der Waals surface area contributed by atoms with Crippen molar-refractivity contribution in [2.45, 2.75) is 6.42 Å². The van der Waals surface area contributed by atoms with Gasteiger partial charge in [-0.1, -0.05) is 60.7 Å². The van der Waals surface area contributed by atoms with Crippen LogP contribution in [0.2, 0.25) is 0 Å². The normalized spacial score (nSPS) is 12.8.